The van der Waals surface area contributed by atoms with E-state index in [1.54, 1.807) is 13.8 Å². The van der Waals surface area contributed by atoms with Gasteiger partial charge in [0.05, 0.1) is 12.6 Å². The van der Waals surface area contributed by atoms with Crippen LogP contribution in [0.3, 0.4) is 0 Å². The van der Waals surface area contributed by atoms with E-state index in [1.165, 1.54) is 0 Å². The van der Waals surface area contributed by atoms with Crippen molar-refractivity contribution in [3.05, 3.63) is 0 Å². The van der Waals surface area contributed by atoms with Crippen molar-refractivity contribution in [3.8, 4) is 0 Å². The number of carbonyl (C=O) groups is 4. The molecule has 0 aliphatic carbocycles. The maximum atomic E-state index is 12.5. The molecule has 0 spiro atoms. The number of carboxylic acid groups (broad SMARTS) is 1. The average molecular weight is 464 g/mol. The third-order valence-electron chi connectivity index (χ3n) is 4.21. The first-order valence-electron chi connectivity index (χ1n) is 9.61. The lowest BCUT2D eigenvalue weighted by Crippen LogP contribution is -2.58. The molecule has 0 radical (unpaired) electrons. The Morgan fingerprint density at radius 1 is 0.968 bits per heavy atom. The molecule has 178 valence electrons. The highest BCUT2D eigenvalue weighted by Gasteiger charge is 2.30. The van der Waals surface area contributed by atoms with E-state index < -0.39 is 54.5 Å². The van der Waals surface area contributed by atoms with Gasteiger partial charge >= 0.3 is 5.97 Å². The number of aliphatic carboxylic acids is 1. The summed E-state index contributed by atoms with van der Waals surface area (Å²) in [7, 11) is 0. The number of rotatable bonds is 14. The highest BCUT2D eigenvalue weighted by atomic mass is 32.1. The van der Waals surface area contributed by atoms with Crippen LogP contribution in [0.1, 0.15) is 26.7 Å². The Hall–Kier alpha value is -2.58. The number of carbonyl (C=O) groups excluding carboxylic acids is 3. The fourth-order valence-electron chi connectivity index (χ4n) is 2.27. The van der Waals surface area contributed by atoms with Crippen molar-refractivity contribution >= 4 is 42.3 Å². The maximum Gasteiger partial charge on any atom is 0.327 e. The third-order valence-corrected chi connectivity index (χ3v) is 4.58. The minimum Gasteiger partial charge on any atom is -0.480 e. The van der Waals surface area contributed by atoms with Crippen LogP contribution in [0.5, 0.6) is 0 Å². The smallest absolute Gasteiger partial charge is 0.327 e. The standard InChI is InChI=1S/C17H33N7O6S/c1-8(2)12(18)15(28)23-10(6-25)14(27)22-9(4-3-5-21-17(19)20)13(26)24-11(7-31)16(29)30/h8-12,25,31H,3-7,18H2,1-2H3,(H,22,27)(H,23,28)(H,24,26)(H,29,30)(H4,19,20,21). The third kappa shape index (κ3) is 10.8. The van der Waals surface area contributed by atoms with Crippen molar-refractivity contribution in [2.75, 3.05) is 18.9 Å². The van der Waals surface area contributed by atoms with Crippen LogP contribution in [-0.4, -0.2) is 82.9 Å². The van der Waals surface area contributed by atoms with Gasteiger partial charge in [-0.05, 0) is 18.8 Å². The van der Waals surface area contributed by atoms with Crippen LogP contribution < -0.4 is 33.2 Å². The SMILES string of the molecule is CC(C)C(N)C(=O)NC(CO)C(=O)NC(CCCN=C(N)N)C(=O)NC(CS)C(=O)O. The van der Waals surface area contributed by atoms with Crippen LogP contribution in [0.25, 0.3) is 0 Å². The zero-order valence-corrected chi connectivity index (χ0v) is 18.5. The molecule has 31 heavy (non-hydrogen) atoms. The van der Waals surface area contributed by atoms with Crippen LogP contribution in [0, 0.1) is 5.92 Å². The summed E-state index contributed by atoms with van der Waals surface area (Å²) in [5, 5.41) is 25.6. The Bertz CT molecular complexity index is 657. The van der Waals surface area contributed by atoms with Gasteiger partial charge in [0.1, 0.15) is 18.1 Å². The van der Waals surface area contributed by atoms with Crippen molar-refractivity contribution in [1.82, 2.24) is 16.0 Å². The second kappa shape index (κ2) is 14.4. The number of thiol groups is 1. The largest absolute Gasteiger partial charge is 0.480 e. The molecule has 13 nitrogen and oxygen atoms in total. The van der Waals surface area contributed by atoms with Gasteiger partial charge < -0.3 is 43.4 Å². The first-order valence-corrected chi connectivity index (χ1v) is 10.2. The molecule has 0 aromatic rings. The van der Waals surface area contributed by atoms with Gasteiger partial charge in [-0.25, -0.2) is 4.79 Å². The molecule has 14 heteroatoms. The molecular weight excluding hydrogens is 430 g/mol. The highest BCUT2D eigenvalue weighted by molar-refractivity contribution is 7.80. The number of nitrogens with zero attached hydrogens (tertiary/aromatic N) is 1. The van der Waals surface area contributed by atoms with Crippen LogP contribution in [0.15, 0.2) is 4.99 Å². The molecule has 0 aliphatic rings. The lowest BCUT2D eigenvalue weighted by atomic mass is 10.0. The number of hydrogen-bond donors (Lipinski definition) is 9. The summed E-state index contributed by atoms with van der Waals surface area (Å²) in [6.07, 6.45) is 0.341. The molecule has 0 aromatic carbocycles. The Kier molecular flexibility index (Phi) is 13.2. The zero-order valence-electron chi connectivity index (χ0n) is 17.6. The number of nitrogens with one attached hydrogen (secondary N) is 3. The summed E-state index contributed by atoms with van der Waals surface area (Å²) in [5.74, 6) is -4.07. The fraction of sp³-hybridized carbons (Fsp3) is 0.706. The highest BCUT2D eigenvalue weighted by Crippen LogP contribution is 2.03. The molecule has 0 saturated heterocycles. The fourth-order valence-corrected chi connectivity index (χ4v) is 2.51. The first kappa shape index (κ1) is 28.4. The maximum absolute atomic E-state index is 12.5. The van der Waals surface area contributed by atoms with E-state index in [0.29, 0.717) is 0 Å². The molecule has 0 heterocycles. The quantitative estimate of drug-likeness (QED) is 0.0536. The number of aliphatic imine (C=N–C) groups is 1. The monoisotopic (exact) mass is 463 g/mol. The minimum absolute atomic E-state index is 0.0604. The van der Waals surface area contributed by atoms with Gasteiger partial charge in [0.25, 0.3) is 0 Å². The number of aliphatic hydroxyl groups is 1. The second-order valence-electron chi connectivity index (χ2n) is 7.11. The molecule has 0 saturated carbocycles. The van der Waals surface area contributed by atoms with E-state index in [2.05, 4.69) is 33.6 Å². The molecule has 0 aliphatic heterocycles. The predicted molar refractivity (Wildman–Crippen MR) is 117 cm³/mol. The van der Waals surface area contributed by atoms with Crippen molar-refractivity contribution in [3.63, 3.8) is 0 Å². The molecule has 4 unspecified atom stereocenters. The van der Waals surface area contributed by atoms with Gasteiger partial charge in [-0.2, -0.15) is 12.6 Å². The molecule has 0 rings (SSSR count). The van der Waals surface area contributed by atoms with Gasteiger partial charge in [-0.3, -0.25) is 19.4 Å². The number of aliphatic hydroxyl groups excluding tert-OH is 1. The van der Waals surface area contributed by atoms with Gasteiger partial charge in [-0.15, -0.1) is 0 Å². The summed E-state index contributed by atoms with van der Waals surface area (Å²) < 4.78 is 0. The zero-order chi connectivity index (χ0) is 24.1. The predicted octanol–water partition coefficient (Wildman–Crippen LogP) is -3.52. The van der Waals surface area contributed by atoms with E-state index in [0.717, 1.165) is 0 Å². The van der Waals surface area contributed by atoms with E-state index in [-0.39, 0.29) is 37.0 Å². The molecule has 0 aromatic heterocycles. The topological polar surface area (TPSA) is 235 Å². The molecule has 0 fully saturated rings. The lowest BCUT2D eigenvalue weighted by Gasteiger charge is -2.24. The first-order chi connectivity index (χ1) is 14.4. The number of nitrogens with two attached hydrogens (primary N) is 3. The number of guanidine groups is 1. The van der Waals surface area contributed by atoms with Gasteiger partial charge in [0, 0.05) is 12.3 Å². The summed E-state index contributed by atoms with van der Waals surface area (Å²) in [6, 6.07) is -4.70. The number of amides is 3. The van der Waals surface area contributed by atoms with E-state index in [4.69, 9.17) is 22.3 Å². The van der Waals surface area contributed by atoms with Crippen molar-refractivity contribution in [2.24, 2.45) is 28.1 Å². The van der Waals surface area contributed by atoms with E-state index in [1.807, 2.05) is 0 Å². The molecular formula is C17H33N7O6S. The van der Waals surface area contributed by atoms with Crippen molar-refractivity contribution < 1.29 is 29.4 Å². The Morgan fingerprint density at radius 2 is 1.48 bits per heavy atom. The summed E-state index contributed by atoms with van der Waals surface area (Å²) in [5.41, 5.74) is 16.2. The molecule has 4 atom stereocenters. The Labute approximate surface area is 186 Å². The van der Waals surface area contributed by atoms with Crippen LogP contribution in [0.4, 0.5) is 0 Å². The van der Waals surface area contributed by atoms with Gasteiger partial charge in [-0.1, -0.05) is 13.8 Å². The minimum atomic E-state index is -1.36. The summed E-state index contributed by atoms with van der Waals surface area (Å²) in [6.45, 7) is 2.87. The lowest BCUT2D eigenvalue weighted by molar-refractivity contribution is -0.141. The number of hydrogen-bond acceptors (Lipinski definition) is 8. The van der Waals surface area contributed by atoms with Crippen LogP contribution in [-0.2, 0) is 19.2 Å². The Morgan fingerprint density at radius 3 is 1.94 bits per heavy atom. The number of carboxylic acids is 1. The summed E-state index contributed by atoms with van der Waals surface area (Å²) >= 11 is 3.88. The Balaban J connectivity index is 5.29. The van der Waals surface area contributed by atoms with Crippen molar-refractivity contribution in [2.45, 2.75) is 50.9 Å². The van der Waals surface area contributed by atoms with Crippen LogP contribution >= 0.6 is 12.6 Å². The van der Waals surface area contributed by atoms with Crippen molar-refractivity contribution in [1.29, 1.82) is 0 Å². The summed E-state index contributed by atoms with van der Waals surface area (Å²) in [4.78, 5) is 52.1. The molecule has 11 N–H and O–H groups in total. The van der Waals surface area contributed by atoms with Crippen LogP contribution in [0.2, 0.25) is 0 Å². The molecule has 3 amide bonds. The van der Waals surface area contributed by atoms with E-state index >= 15 is 0 Å². The second-order valence-corrected chi connectivity index (χ2v) is 7.47. The normalized spacial score (nSPS) is 14.6. The molecule has 0 bridgehead atoms. The van der Waals surface area contributed by atoms with E-state index in [9.17, 15) is 24.3 Å². The van der Waals surface area contributed by atoms with Gasteiger partial charge in [0.2, 0.25) is 17.7 Å². The average Bonchev–Trinajstić information content (AvgIpc) is 2.70. The van der Waals surface area contributed by atoms with Gasteiger partial charge in [0.15, 0.2) is 5.96 Å².